The lowest BCUT2D eigenvalue weighted by Crippen LogP contribution is -2.14. The summed E-state index contributed by atoms with van der Waals surface area (Å²) in [5, 5.41) is 4.37. The number of rotatable bonds is 3. The van der Waals surface area contributed by atoms with Crippen molar-refractivity contribution in [1.82, 2.24) is 9.78 Å². The van der Waals surface area contributed by atoms with Crippen molar-refractivity contribution < 1.29 is 0 Å². The zero-order valence-corrected chi connectivity index (χ0v) is 8.83. The van der Waals surface area contributed by atoms with Gasteiger partial charge in [0, 0.05) is 21.1 Å². The molecule has 0 unspecified atom stereocenters. The zero-order chi connectivity index (χ0) is 10.0. The van der Waals surface area contributed by atoms with Crippen LogP contribution in [0.5, 0.6) is 0 Å². The van der Waals surface area contributed by atoms with Crippen LogP contribution in [0.15, 0.2) is 0 Å². The Labute approximate surface area is 79.3 Å². The summed E-state index contributed by atoms with van der Waals surface area (Å²) in [7, 11) is 5.87. The molecule has 4 nitrogen and oxygen atoms in total. The van der Waals surface area contributed by atoms with E-state index in [2.05, 4.69) is 12.0 Å². The molecule has 1 aromatic heterocycles. The molecule has 0 spiro atoms. The number of hydrogen-bond donors (Lipinski definition) is 1. The summed E-state index contributed by atoms with van der Waals surface area (Å²) in [5.74, 6) is 0.989. The van der Waals surface area contributed by atoms with Crippen LogP contribution in [-0.4, -0.2) is 23.9 Å². The van der Waals surface area contributed by atoms with Gasteiger partial charge in [0.25, 0.3) is 0 Å². The van der Waals surface area contributed by atoms with Gasteiger partial charge in [-0.25, -0.2) is 0 Å². The van der Waals surface area contributed by atoms with Crippen molar-refractivity contribution in [3.05, 3.63) is 5.69 Å². The van der Waals surface area contributed by atoms with Crippen LogP contribution in [-0.2, 0) is 13.5 Å². The molecule has 0 amide bonds. The molecule has 1 rings (SSSR count). The maximum absolute atomic E-state index is 5.97. The molecule has 0 aliphatic carbocycles. The third-order valence-corrected chi connectivity index (χ3v) is 2.04. The monoisotopic (exact) mass is 182 g/mol. The van der Waals surface area contributed by atoms with Gasteiger partial charge in [0.05, 0.1) is 11.4 Å². The molecule has 74 valence electrons. The van der Waals surface area contributed by atoms with Crippen molar-refractivity contribution >= 4 is 11.5 Å². The Hall–Kier alpha value is -1.19. The first kappa shape index (κ1) is 9.89. The Morgan fingerprint density at radius 3 is 2.46 bits per heavy atom. The first-order valence-electron chi connectivity index (χ1n) is 4.56. The number of aryl methyl sites for hydroxylation is 2. The Morgan fingerprint density at radius 2 is 2.08 bits per heavy atom. The second-order valence-corrected chi connectivity index (χ2v) is 3.45. The van der Waals surface area contributed by atoms with E-state index in [-0.39, 0.29) is 0 Å². The molecule has 4 heteroatoms. The van der Waals surface area contributed by atoms with E-state index in [1.54, 1.807) is 0 Å². The van der Waals surface area contributed by atoms with E-state index < -0.39 is 0 Å². The molecule has 13 heavy (non-hydrogen) atoms. The van der Waals surface area contributed by atoms with Gasteiger partial charge in [-0.05, 0) is 6.42 Å². The molecule has 0 aromatic carbocycles. The van der Waals surface area contributed by atoms with Crippen LogP contribution in [0.2, 0.25) is 0 Å². The highest BCUT2D eigenvalue weighted by atomic mass is 15.4. The molecule has 0 radical (unpaired) electrons. The summed E-state index contributed by atoms with van der Waals surface area (Å²) in [6, 6.07) is 0. The first-order valence-corrected chi connectivity index (χ1v) is 4.56. The summed E-state index contributed by atoms with van der Waals surface area (Å²) in [6.45, 7) is 2.13. The molecule has 0 saturated heterocycles. The average Bonchev–Trinajstić information content (AvgIpc) is 2.28. The summed E-state index contributed by atoms with van der Waals surface area (Å²) in [6.07, 6.45) is 2.03. The Balaban J connectivity index is 3.07. The second kappa shape index (κ2) is 3.68. The zero-order valence-electron chi connectivity index (χ0n) is 8.83. The highest BCUT2D eigenvalue weighted by Gasteiger charge is 2.13. The van der Waals surface area contributed by atoms with Crippen LogP contribution in [0, 0.1) is 0 Å². The van der Waals surface area contributed by atoms with Gasteiger partial charge in [-0.2, -0.15) is 5.10 Å². The van der Waals surface area contributed by atoms with E-state index in [0.717, 1.165) is 30.0 Å². The standard InChI is InChI=1S/C9H18N4/c1-5-6-7-8(10)9(12(2)3)13(4)11-7/h5-6,10H2,1-4H3. The fourth-order valence-electron chi connectivity index (χ4n) is 1.54. The van der Waals surface area contributed by atoms with Crippen molar-refractivity contribution in [1.29, 1.82) is 0 Å². The Morgan fingerprint density at radius 1 is 1.46 bits per heavy atom. The van der Waals surface area contributed by atoms with Crippen LogP contribution < -0.4 is 10.6 Å². The van der Waals surface area contributed by atoms with E-state index in [1.807, 2.05) is 30.7 Å². The number of nitrogens with zero attached hydrogens (tertiary/aromatic N) is 3. The molecule has 0 aliphatic rings. The molecule has 0 saturated carbocycles. The molecular formula is C9H18N4. The third-order valence-electron chi connectivity index (χ3n) is 2.04. The lowest BCUT2D eigenvalue weighted by atomic mass is 10.2. The molecule has 2 N–H and O–H groups in total. The van der Waals surface area contributed by atoms with Crippen LogP contribution in [0.1, 0.15) is 19.0 Å². The van der Waals surface area contributed by atoms with Gasteiger partial charge >= 0.3 is 0 Å². The maximum Gasteiger partial charge on any atom is 0.149 e. The van der Waals surface area contributed by atoms with Gasteiger partial charge in [-0.15, -0.1) is 0 Å². The summed E-state index contributed by atoms with van der Waals surface area (Å²) in [4.78, 5) is 1.99. The van der Waals surface area contributed by atoms with Crippen LogP contribution in [0.4, 0.5) is 11.5 Å². The smallest absolute Gasteiger partial charge is 0.149 e. The van der Waals surface area contributed by atoms with Crippen molar-refractivity contribution in [2.24, 2.45) is 7.05 Å². The van der Waals surface area contributed by atoms with E-state index in [1.165, 1.54) is 0 Å². The van der Waals surface area contributed by atoms with Crippen molar-refractivity contribution in [3.8, 4) is 0 Å². The summed E-state index contributed by atoms with van der Waals surface area (Å²) < 4.78 is 1.83. The normalized spacial score (nSPS) is 10.5. The first-order chi connectivity index (χ1) is 6.07. The number of anilines is 2. The average molecular weight is 182 g/mol. The largest absolute Gasteiger partial charge is 0.394 e. The van der Waals surface area contributed by atoms with Gasteiger partial charge in [-0.1, -0.05) is 13.3 Å². The number of hydrogen-bond acceptors (Lipinski definition) is 3. The van der Waals surface area contributed by atoms with Crippen molar-refractivity contribution in [3.63, 3.8) is 0 Å². The predicted molar refractivity (Wildman–Crippen MR) is 55.9 cm³/mol. The second-order valence-electron chi connectivity index (χ2n) is 3.45. The van der Waals surface area contributed by atoms with Gasteiger partial charge in [0.15, 0.2) is 0 Å². The molecule has 1 heterocycles. The van der Waals surface area contributed by atoms with E-state index >= 15 is 0 Å². The van der Waals surface area contributed by atoms with Gasteiger partial charge < -0.3 is 10.6 Å². The number of nitrogen functional groups attached to an aromatic ring is 1. The fraction of sp³-hybridized carbons (Fsp3) is 0.667. The molecule has 0 atom stereocenters. The van der Waals surface area contributed by atoms with Crippen molar-refractivity contribution in [2.45, 2.75) is 19.8 Å². The van der Waals surface area contributed by atoms with Gasteiger partial charge in [-0.3, -0.25) is 4.68 Å². The minimum Gasteiger partial charge on any atom is -0.394 e. The van der Waals surface area contributed by atoms with Gasteiger partial charge in [0.2, 0.25) is 0 Å². The van der Waals surface area contributed by atoms with Crippen LogP contribution in [0.25, 0.3) is 0 Å². The van der Waals surface area contributed by atoms with E-state index in [4.69, 9.17) is 5.73 Å². The minimum absolute atomic E-state index is 0.814. The SMILES string of the molecule is CCCc1nn(C)c(N(C)C)c1N. The predicted octanol–water partition coefficient (Wildman–Crippen LogP) is 1.02. The van der Waals surface area contributed by atoms with E-state index in [0.29, 0.717) is 0 Å². The molecule has 0 bridgehead atoms. The van der Waals surface area contributed by atoms with Crippen LogP contribution >= 0.6 is 0 Å². The number of nitrogens with two attached hydrogens (primary N) is 1. The maximum atomic E-state index is 5.97. The van der Waals surface area contributed by atoms with Crippen LogP contribution in [0.3, 0.4) is 0 Å². The number of aromatic nitrogens is 2. The quantitative estimate of drug-likeness (QED) is 0.759. The Bertz CT molecular complexity index is 288. The van der Waals surface area contributed by atoms with Crippen molar-refractivity contribution in [2.75, 3.05) is 24.7 Å². The third kappa shape index (κ3) is 1.76. The Kier molecular flexibility index (Phi) is 2.80. The highest BCUT2D eigenvalue weighted by molar-refractivity contribution is 5.65. The lowest BCUT2D eigenvalue weighted by molar-refractivity contribution is 0.726. The minimum atomic E-state index is 0.814. The topological polar surface area (TPSA) is 47.1 Å². The highest BCUT2D eigenvalue weighted by Crippen LogP contribution is 2.24. The molecular weight excluding hydrogens is 164 g/mol. The van der Waals surface area contributed by atoms with E-state index in [9.17, 15) is 0 Å². The molecule has 0 aliphatic heterocycles. The lowest BCUT2D eigenvalue weighted by Gasteiger charge is -2.12. The van der Waals surface area contributed by atoms with Gasteiger partial charge in [0.1, 0.15) is 5.82 Å². The summed E-state index contributed by atoms with van der Waals surface area (Å²) >= 11 is 0. The molecule has 0 fully saturated rings. The fourth-order valence-corrected chi connectivity index (χ4v) is 1.54. The summed E-state index contributed by atoms with van der Waals surface area (Å²) in [5.41, 5.74) is 7.79. The molecule has 1 aromatic rings.